The van der Waals surface area contributed by atoms with E-state index in [1.165, 1.54) is 0 Å². The molecule has 1 atom stereocenters. The number of aryl methyl sites for hydroxylation is 1. The fourth-order valence-electron chi connectivity index (χ4n) is 2.65. The molecule has 1 saturated heterocycles. The summed E-state index contributed by atoms with van der Waals surface area (Å²) in [5.74, 6) is -1.40. The Morgan fingerprint density at radius 1 is 1.43 bits per heavy atom. The number of nitrogens with zero attached hydrogens (tertiary/aromatic N) is 2. The van der Waals surface area contributed by atoms with Gasteiger partial charge < -0.3 is 14.4 Å². The maximum Gasteiger partial charge on any atom is 0.308 e. The highest BCUT2D eigenvalue weighted by atomic mass is 16.4. The van der Waals surface area contributed by atoms with Gasteiger partial charge in [-0.3, -0.25) is 9.59 Å². The van der Waals surface area contributed by atoms with Gasteiger partial charge in [-0.1, -0.05) is 0 Å². The molecule has 1 fully saturated rings. The monoisotopic (exact) mass is 288 g/mol. The molecule has 0 unspecified atom stereocenters. The van der Waals surface area contributed by atoms with Gasteiger partial charge in [0.25, 0.3) is 5.91 Å². The number of hydrogen-bond donors (Lipinski definition) is 1. The number of likely N-dealkylation sites (tertiary alicyclic amines) is 1. The van der Waals surface area contributed by atoms with Crippen LogP contribution in [0.15, 0.2) is 22.6 Å². The fourth-order valence-corrected chi connectivity index (χ4v) is 2.65. The molecule has 0 radical (unpaired) electrons. The van der Waals surface area contributed by atoms with Crippen LogP contribution in [-0.4, -0.2) is 40.0 Å². The molecule has 0 saturated carbocycles. The standard InChI is InChI=1S/C15H16N2O4/c1-9-4-5-12-11(16-9)7-13(21-12)14(18)17-6-2-3-10(8-17)15(19)20/h4-5,7,10H,2-3,6,8H2,1H3,(H,19,20)/t10-/m0/s1. The second-order valence-corrected chi connectivity index (χ2v) is 5.38. The van der Waals surface area contributed by atoms with Crippen LogP contribution in [0.25, 0.3) is 11.1 Å². The van der Waals surface area contributed by atoms with E-state index in [2.05, 4.69) is 4.98 Å². The summed E-state index contributed by atoms with van der Waals surface area (Å²) in [6.07, 6.45) is 1.31. The van der Waals surface area contributed by atoms with E-state index >= 15 is 0 Å². The van der Waals surface area contributed by atoms with E-state index < -0.39 is 11.9 Å². The van der Waals surface area contributed by atoms with Crippen LogP contribution in [0.3, 0.4) is 0 Å². The number of amides is 1. The van der Waals surface area contributed by atoms with E-state index in [4.69, 9.17) is 9.52 Å². The first kappa shape index (κ1) is 13.6. The molecule has 1 aliphatic rings. The number of furan rings is 1. The lowest BCUT2D eigenvalue weighted by Crippen LogP contribution is -2.42. The molecule has 0 aromatic carbocycles. The van der Waals surface area contributed by atoms with Crippen LogP contribution in [0, 0.1) is 12.8 Å². The molecule has 2 aromatic rings. The molecule has 2 aromatic heterocycles. The van der Waals surface area contributed by atoms with Gasteiger partial charge in [0.15, 0.2) is 11.3 Å². The zero-order valence-electron chi connectivity index (χ0n) is 11.7. The molecule has 1 N–H and O–H groups in total. The summed E-state index contributed by atoms with van der Waals surface area (Å²) >= 11 is 0. The van der Waals surface area contributed by atoms with Crippen molar-refractivity contribution in [3.63, 3.8) is 0 Å². The molecule has 6 heteroatoms. The quantitative estimate of drug-likeness (QED) is 0.914. The molecule has 6 nitrogen and oxygen atoms in total. The smallest absolute Gasteiger partial charge is 0.308 e. The van der Waals surface area contributed by atoms with Crippen molar-refractivity contribution in [2.24, 2.45) is 5.92 Å². The van der Waals surface area contributed by atoms with Gasteiger partial charge in [0, 0.05) is 24.8 Å². The van der Waals surface area contributed by atoms with Gasteiger partial charge in [0.2, 0.25) is 0 Å². The van der Waals surface area contributed by atoms with Crippen molar-refractivity contribution in [2.75, 3.05) is 13.1 Å². The van der Waals surface area contributed by atoms with Crippen molar-refractivity contribution >= 4 is 23.0 Å². The van der Waals surface area contributed by atoms with Gasteiger partial charge in [0.1, 0.15) is 5.52 Å². The second kappa shape index (κ2) is 5.20. The number of carbonyl (C=O) groups is 2. The summed E-state index contributed by atoms with van der Waals surface area (Å²) in [6, 6.07) is 5.22. The number of carbonyl (C=O) groups excluding carboxylic acids is 1. The van der Waals surface area contributed by atoms with Gasteiger partial charge in [-0.05, 0) is 31.9 Å². The fraction of sp³-hybridized carbons (Fsp3) is 0.400. The first-order chi connectivity index (χ1) is 10.0. The minimum atomic E-state index is -0.852. The number of aliphatic carboxylic acids is 1. The molecule has 21 heavy (non-hydrogen) atoms. The van der Waals surface area contributed by atoms with Gasteiger partial charge in [-0.25, -0.2) is 4.98 Å². The maximum atomic E-state index is 12.4. The molecule has 0 bridgehead atoms. The molecule has 1 amide bonds. The lowest BCUT2D eigenvalue weighted by molar-refractivity contribution is -0.143. The Hall–Kier alpha value is -2.37. The molecule has 1 aliphatic heterocycles. The van der Waals surface area contributed by atoms with Crippen LogP contribution in [-0.2, 0) is 4.79 Å². The Labute approximate surface area is 121 Å². The summed E-state index contributed by atoms with van der Waals surface area (Å²) in [7, 11) is 0. The summed E-state index contributed by atoms with van der Waals surface area (Å²) in [4.78, 5) is 29.4. The van der Waals surface area contributed by atoms with Gasteiger partial charge in [-0.2, -0.15) is 0 Å². The molecule has 110 valence electrons. The van der Waals surface area contributed by atoms with Crippen LogP contribution in [0.1, 0.15) is 29.1 Å². The number of carboxylic acids is 1. The minimum absolute atomic E-state index is 0.217. The van der Waals surface area contributed by atoms with E-state index in [-0.39, 0.29) is 18.2 Å². The van der Waals surface area contributed by atoms with E-state index in [0.717, 1.165) is 5.69 Å². The van der Waals surface area contributed by atoms with Crippen molar-refractivity contribution in [3.05, 3.63) is 29.7 Å². The predicted octanol–water partition coefficient (Wildman–Crippen LogP) is 2.07. The first-order valence-electron chi connectivity index (χ1n) is 6.94. The minimum Gasteiger partial charge on any atom is -0.481 e. The van der Waals surface area contributed by atoms with E-state index in [1.807, 2.05) is 13.0 Å². The number of carboxylic acid groups (broad SMARTS) is 1. The molecule has 3 rings (SSSR count). The van der Waals surface area contributed by atoms with E-state index in [0.29, 0.717) is 30.5 Å². The van der Waals surface area contributed by atoms with E-state index in [1.54, 1.807) is 17.0 Å². The number of aromatic nitrogens is 1. The van der Waals surface area contributed by atoms with Crippen molar-refractivity contribution < 1.29 is 19.1 Å². The first-order valence-corrected chi connectivity index (χ1v) is 6.94. The number of rotatable bonds is 2. The average molecular weight is 288 g/mol. The summed E-state index contributed by atoms with van der Waals surface area (Å²) in [6.45, 7) is 2.67. The van der Waals surface area contributed by atoms with Crippen molar-refractivity contribution in [3.8, 4) is 0 Å². The number of pyridine rings is 1. The third-order valence-corrected chi connectivity index (χ3v) is 3.78. The summed E-state index contributed by atoms with van der Waals surface area (Å²) < 4.78 is 5.53. The highest BCUT2D eigenvalue weighted by Gasteiger charge is 2.30. The number of fused-ring (bicyclic) bond motifs is 1. The number of hydrogen-bond acceptors (Lipinski definition) is 4. The highest BCUT2D eigenvalue weighted by molar-refractivity contribution is 5.95. The molecular weight excluding hydrogens is 272 g/mol. The van der Waals surface area contributed by atoms with Gasteiger partial charge in [-0.15, -0.1) is 0 Å². The molecule has 0 aliphatic carbocycles. The SMILES string of the molecule is Cc1ccc2oc(C(=O)N3CCC[C@H](C(=O)O)C3)cc2n1. The lowest BCUT2D eigenvalue weighted by atomic mass is 9.98. The normalized spacial score (nSPS) is 18.9. The molecular formula is C15H16N2O4. The Balaban J connectivity index is 1.84. The third-order valence-electron chi connectivity index (χ3n) is 3.78. The zero-order valence-corrected chi connectivity index (χ0v) is 11.7. The largest absolute Gasteiger partial charge is 0.481 e. The highest BCUT2D eigenvalue weighted by Crippen LogP contribution is 2.22. The summed E-state index contributed by atoms with van der Waals surface area (Å²) in [5, 5.41) is 9.08. The maximum absolute atomic E-state index is 12.4. The van der Waals surface area contributed by atoms with Crippen LogP contribution >= 0.6 is 0 Å². The van der Waals surface area contributed by atoms with E-state index in [9.17, 15) is 9.59 Å². The third kappa shape index (κ3) is 2.61. The van der Waals surface area contributed by atoms with Crippen LogP contribution in [0.5, 0.6) is 0 Å². The average Bonchev–Trinajstić information content (AvgIpc) is 2.89. The predicted molar refractivity (Wildman–Crippen MR) is 75.0 cm³/mol. The van der Waals surface area contributed by atoms with Crippen molar-refractivity contribution in [1.29, 1.82) is 0 Å². The van der Waals surface area contributed by atoms with Crippen LogP contribution in [0.4, 0.5) is 0 Å². The van der Waals surface area contributed by atoms with Crippen LogP contribution in [0.2, 0.25) is 0 Å². The van der Waals surface area contributed by atoms with Gasteiger partial charge in [0.05, 0.1) is 5.92 Å². The zero-order chi connectivity index (χ0) is 15.0. The topological polar surface area (TPSA) is 83.6 Å². The Kier molecular flexibility index (Phi) is 3.37. The Bertz CT molecular complexity index is 707. The Morgan fingerprint density at radius 3 is 3.00 bits per heavy atom. The number of piperidine rings is 1. The van der Waals surface area contributed by atoms with Gasteiger partial charge >= 0.3 is 5.97 Å². The van der Waals surface area contributed by atoms with Crippen LogP contribution < -0.4 is 0 Å². The Morgan fingerprint density at radius 2 is 2.24 bits per heavy atom. The summed E-state index contributed by atoms with van der Waals surface area (Å²) in [5.41, 5.74) is 2.06. The molecule has 3 heterocycles. The van der Waals surface area contributed by atoms with Crippen molar-refractivity contribution in [2.45, 2.75) is 19.8 Å². The second-order valence-electron chi connectivity index (χ2n) is 5.38. The lowest BCUT2D eigenvalue weighted by Gasteiger charge is -2.29. The van der Waals surface area contributed by atoms with Crippen molar-refractivity contribution in [1.82, 2.24) is 9.88 Å². The molecule has 0 spiro atoms.